The highest BCUT2D eigenvalue weighted by molar-refractivity contribution is 5.92. The Morgan fingerprint density at radius 3 is 2.04 bits per heavy atom. The maximum atomic E-state index is 12.3. The van der Waals surface area contributed by atoms with Crippen LogP contribution in [0.15, 0.2) is 48.5 Å². The number of carbonyl (C=O) groups is 1. The third-order valence-electron chi connectivity index (χ3n) is 5.43. The van der Waals surface area contributed by atoms with Gasteiger partial charge >= 0.3 is 0 Å². The summed E-state index contributed by atoms with van der Waals surface area (Å²) >= 11 is 0. The van der Waals surface area contributed by atoms with Crippen molar-refractivity contribution in [2.24, 2.45) is 0 Å². The summed E-state index contributed by atoms with van der Waals surface area (Å²) in [4.78, 5) is 18.9. The zero-order chi connectivity index (χ0) is 19.4. The van der Waals surface area contributed by atoms with Crippen LogP contribution in [0.25, 0.3) is 0 Å². The van der Waals surface area contributed by atoms with Gasteiger partial charge in [0.15, 0.2) is 0 Å². The van der Waals surface area contributed by atoms with Gasteiger partial charge in [-0.25, -0.2) is 0 Å². The van der Waals surface area contributed by atoms with Gasteiger partial charge in [-0.3, -0.25) is 9.69 Å². The van der Waals surface area contributed by atoms with E-state index in [4.69, 9.17) is 0 Å². The highest BCUT2D eigenvalue weighted by Gasteiger charge is 2.27. The van der Waals surface area contributed by atoms with Gasteiger partial charge in [-0.05, 0) is 49.6 Å². The number of hydrogen-bond acceptors (Lipinski definition) is 3. The topological polar surface area (TPSA) is 26.8 Å². The molecule has 0 saturated carbocycles. The molecule has 27 heavy (non-hydrogen) atoms. The molecule has 1 aliphatic heterocycles. The molecule has 0 spiro atoms. The number of hydrogen-bond donors (Lipinski definition) is 0. The summed E-state index contributed by atoms with van der Waals surface area (Å²) in [7, 11) is 4.13. The lowest BCUT2D eigenvalue weighted by Crippen LogP contribution is -2.46. The first kappa shape index (κ1) is 19.4. The summed E-state index contributed by atoms with van der Waals surface area (Å²) in [6, 6.07) is 17.4. The minimum absolute atomic E-state index is 0.136. The number of anilines is 2. The van der Waals surface area contributed by atoms with Crippen LogP contribution in [0.1, 0.15) is 30.9 Å². The van der Waals surface area contributed by atoms with Crippen LogP contribution in [0, 0.1) is 6.92 Å². The van der Waals surface area contributed by atoms with E-state index in [1.54, 1.807) is 6.92 Å². The van der Waals surface area contributed by atoms with E-state index in [2.05, 4.69) is 79.3 Å². The molecule has 4 heteroatoms. The molecule has 3 rings (SSSR count). The summed E-state index contributed by atoms with van der Waals surface area (Å²) in [6.45, 7) is 6.78. The monoisotopic (exact) mass is 365 g/mol. The van der Waals surface area contributed by atoms with Gasteiger partial charge < -0.3 is 9.80 Å². The van der Waals surface area contributed by atoms with Gasteiger partial charge in [0.05, 0.1) is 0 Å². The van der Waals surface area contributed by atoms with Crippen molar-refractivity contribution in [1.29, 1.82) is 0 Å². The second kappa shape index (κ2) is 8.57. The number of rotatable bonds is 5. The molecular formula is C23H31N3O. The van der Waals surface area contributed by atoms with E-state index in [0.29, 0.717) is 0 Å². The molecular weight excluding hydrogens is 334 g/mol. The van der Waals surface area contributed by atoms with Gasteiger partial charge in [0.25, 0.3) is 0 Å². The fraction of sp³-hybridized carbons (Fsp3) is 0.435. The first-order chi connectivity index (χ1) is 12.9. The molecule has 144 valence electrons. The predicted octanol–water partition coefficient (Wildman–Crippen LogP) is 4.08. The molecule has 2 aromatic carbocycles. The van der Waals surface area contributed by atoms with E-state index in [1.807, 2.05) is 4.90 Å². The van der Waals surface area contributed by atoms with Crippen molar-refractivity contribution in [2.45, 2.75) is 39.3 Å². The van der Waals surface area contributed by atoms with E-state index in [0.717, 1.165) is 38.2 Å². The summed E-state index contributed by atoms with van der Waals surface area (Å²) in [5.74, 6) is 0.136. The first-order valence-electron chi connectivity index (χ1n) is 9.79. The normalized spacial score (nSPS) is 15.6. The zero-order valence-electron chi connectivity index (χ0n) is 17.0. The van der Waals surface area contributed by atoms with E-state index >= 15 is 0 Å². The van der Waals surface area contributed by atoms with Crippen molar-refractivity contribution in [3.8, 4) is 0 Å². The molecule has 0 bridgehead atoms. The molecule has 1 fully saturated rings. The van der Waals surface area contributed by atoms with E-state index in [-0.39, 0.29) is 11.9 Å². The van der Waals surface area contributed by atoms with Crippen LogP contribution in [0.3, 0.4) is 0 Å². The lowest BCUT2D eigenvalue weighted by Gasteiger charge is -2.38. The number of piperidine rings is 1. The molecule has 2 aromatic rings. The third-order valence-corrected chi connectivity index (χ3v) is 5.43. The average Bonchev–Trinajstić information content (AvgIpc) is 2.65. The van der Waals surface area contributed by atoms with Crippen LogP contribution in [-0.4, -0.2) is 44.0 Å². The van der Waals surface area contributed by atoms with Crippen molar-refractivity contribution < 1.29 is 4.79 Å². The van der Waals surface area contributed by atoms with E-state index < -0.39 is 0 Å². The van der Waals surface area contributed by atoms with Crippen LogP contribution in [-0.2, 0) is 11.3 Å². The number of likely N-dealkylation sites (tertiary alicyclic amines) is 1. The third kappa shape index (κ3) is 4.89. The van der Waals surface area contributed by atoms with Gasteiger partial charge in [-0.2, -0.15) is 0 Å². The zero-order valence-corrected chi connectivity index (χ0v) is 17.0. The Balaban J connectivity index is 1.60. The van der Waals surface area contributed by atoms with Crippen LogP contribution in [0.4, 0.5) is 11.4 Å². The molecule has 1 amide bonds. The van der Waals surface area contributed by atoms with Crippen LogP contribution < -0.4 is 9.80 Å². The van der Waals surface area contributed by atoms with Crippen molar-refractivity contribution in [2.75, 3.05) is 37.0 Å². The van der Waals surface area contributed by atoms with Gasteiger partial charge in [-0.1, -0.05) is 29.8 Å². The fourth-order valence-electron chi connectivity index (χ4n) is 3.85. The largest absolute Gasteiger partial charge is 0.378 e. The highest BCUT2D eigenvalue weighted by Crippen LogP contribution is 2.25. The van der Waals surface area contributed by atoms with E-state index in [1.165, 1.54) is 16.8 Å². The Labute approximate surface area is 163 Å². The molecule has 0 aliphatic carbocycles. The van der Waals surface area contributed by atoms with Gasteiger partial charge in [0, 0.05) is 58.1 Å². The Morgan fingerprint density at radius 2 is 1.52 bits per heavy atom. The molecule has 1 saturated heterocycles. The van der Waals surface area contributed by atoms with Crippen molar-refractivity contribution in [1.82, 2.24) is 4.90 Å². The molecule has 0 unspecified atom stereocenters. The summed E-state index contributed by atoms with van der Waals surface area (Å²) in [5.41, 5.74) is 4.82. The Morgan fingerprint density at radius 1 is 0.963 bits per heavy atom. The molecule has 0 radical (unpaired) electrons. The molecule has 0 aromatic heterocycles. The lowest BCUT2D eigenvalue weighted by atomic mass is 10.0. The minimum Gasteiger partial charge on any atom is -0.378 e. The smallest absolute Gasteiger partial charge is 0.224 e. The van der Waals surface area contributed by atoms with Crippen LogP contribution >= 0.6 is 0 Å². The second-order valence-corrected chi connectivity index (χ2v) is 7.79. The van der Waals surface area contributed by atoms with Gasteiger partial charge in [0.2, 0.25) is 5.91 Å². The average molecular weight is 366 g/mol. The standard InChI is InChI=1S/C23H31N3O/c1-18-5-9-22(10-6-18)26(19(2)27)23-13-15-25(16-14-23)17-20-7-11-21(12-8-20)24(3)4/h5-12,23H,13-17H2,1-4H3. The summed E-state index contributed by atoms with van der Waals surface area (Å²) in [5, 5.41) is 0. The maximum absolute atomic E-state index is 12.3. The Hall–Kier alpha value is -2.33. The van der Waals surface area contributed by atoms with Crippen molar-refractivity contribution in [3.63, 3.8) is 0 Å². The minimum atomic E-state index is 0.136. The van der Waals surface area contributed by atoms with Crippen molar-refractivity contribution in [3.05, 3.63) is 59.7 Å². The highest BCUT2D eigenvalue weighted by atomic mass is 16.2. The van der Waals surface area contributed by atoms with Crippen LogP contribution in [0.5, 0.6) is 0 Å². The molecule has 0 N–H and O–H groups in total. The second-order valence-electron chi connectivity index (χ2n) is 7.79. The SMILES string of the molecule is CC(=O)N(c1ccc(C)cc1)C1CCN(Cc2ccc(N(C)C)cc2)CC1. The van der Waals surface area contributed by atoms with Gasteiger partial charge in [0.1, 0.15) is 0 Å². The number of amides is 1. The van der Waals surface area contributed by atoms with Crippen LogP contribution in [0.2, 0.25) is 0 Å². The van der Waals surface area contributed by atoms with E-state index in [9.17, 15) is 4.79 Å². The predicted molar refractivity (Wildman–Crippen MR) is 113 cm³/mol. The van der Waals surface area contributed by atoms with Gasteiger partial charge in [-0.15, -0.1) is 0 Å². The molecule has 1 aliphatic rings. The molecule has 0 atom stereocenters. The lowest BCUT2D eigenvalue weighted by molar-refractivity contribution is -0.117. The number of benzene rings is 2. The maximum Gasteiger partial charge on any atom is 0.224 e. The quantitative estimate of drug-likeness (QED) is 0.799. The molecule has 1 heterocycles. The fourth-order valence-corrected chi connectivity index (χ4v) is 3.85. The first-order valence-corrected chi connectivity index (χ1v) is 9.79. The number of aryl methyl sites for hydroxylation is 1. The Bertz CT molecular complexity index is 744. The van der Waals surface area contributed by atoms with Crippen molar-refractivity contribution >= 4 is 17.3 Å². The number of carbonyl (C=O) groups excluding carboxylic acids is 1. The summed E-state index contributed by atoms with van der Waals surface area (Å²) < 4.78 is 0. The molecule has 4 nitrogen and oxygen atoms in total. The summed E-state index contributed by atoms with van der Waals surface area (Å²) in [6.07, 6.45) is 2.03. The number of nitrogens with zero attached hydrogens (tertiary/aromatic N) is 3. The Kier molecular flexibility index (Phi) is 6.17.